The van der Waals surface area contributed by atoms with Crippen LogP contribution in [0.15, 0.2) is 18.2 Å². The van der Waals surface area contributed by atoms with Gasteiger partial charge in [-0.05, 0) is 18.2 Å². The molecule has 1 aromatic carbocycles. The van der Waals surface area contributed by atoms with Crippen LogP contribution in [-0.4, -0.2) is 39.5 Å². The van der Waals surface area contributed by atoms with Gasteiger partial charge in [-0.15, -0.1) is 0 Å². The Morgan fingerprint density at radius 1 is 1.12 bits per heavy atom. The van der Waals surface area contributed by atoms with Crippen LogP contribution < -0.4 is 4.65 Å². The van der Waals surface area contributed by atoms with Gasteiger partial charge in [0.05, 0.1) is 11.1 Å². The van der Waals surface area contributed by atoms with Gasteiger partial charge in [-0.25, -0.2) is 9.59 Å². The maximum absolute atomic E-state index is 10.7. The highest BCUT2D eigenvalue weighted by atomic mass is 16.6. The van der Waals surface area contributed by atoms with E-state index in [0.717, 1.165) is 18.2 Å². The number of benzene rings is 1. The fourth-order valence-corrected chi connectivity index (χ4v) is 1.04. The summed E-state index contributed by atoms with van der Waals surface area (Å²) < 4.78 is 4.36. The molecule has 1 aromatic rings. The number of carboxylic acids is 2. The van der Waals surface area contributed by atoms with Gasteiger partial charge in [0.1, 0.15) is 5.75 Å². The third-order valence-electron chi connectivity index (χ3n) is 1.69. The van der Waals surface area contributed by atoms with Crippen molar-refractivity contribution in [3.63, 3.8) is 0 Å². The van der Waals surface area contributed by atoms with Gasteiger partial charge in [0, 0.05) is 0 Å². The van der Waals surface area contributed by atoms with E-state index in [9.17, 15) is 9.59 Å². The lowest BCUT2D eigenvalue weighted by Gasteiger charge is -2.08. The molecule has 0 aliphatic heterocycles. The van der Waals surface area contributed by atoms with E-state index in [2.05, 4.69) is 4.65 Å². The lowest BCUT2D eigenvalue weighted by Crippen LogP contribution is -2.22. The number of hydrogen-bond acceptors (Lipinski definition) is 5. The summed E-state index contributed by atoms with van der Waals surface area (Å²) in [4.78, 5) is 21.3. The molecular weight excluding hydrogens is 219 g/mol. The van der Waals surface area contributed by atoms with Gasteiger partial charge in [0.15, 0.2) is 0 Å². The minimum Gasteiger partial charge on any atom is -0.511 e. The molecular formula is C8H7BO7. The Labute approximate surface area is 89.7 Å². The quantitative estimate of drug-likeness (QED) is 0.506. The van der Waals surface area contributed by atoms with Crippen molar-refractivity contribution in [1.82, 2.24) is 0 Å². The Morgan fingerprint density at radius 2 is 1.75 bits per heavy atom. The average molecular weight is 226 g/mol. The maximum atomic E-state index is 10.7. The lowest BCUT2D eigenvalue weighted by atomic mass is 10.1. The first kappa shape index (κ1) is 12.0. The van der Waals surface area contributed by atoms with E-state index in [1.165, 1.54) is 0 Å². The molecule has 0 saturated carbocycles. The highest BCUT2D eigenvalue weighted by Gasteiger charge is 2.19. The van der Waals surface area contributed by atoms with E-state index < -0.39 is 25.0 Å². The smallest absolute Gasteiger partial charge is 0.511 e. The van der Waals surface area contributed by atoms with Crippen LogP contribution in [0.2, 0.25) is 0 Å². The van der Waals surface area contributed by atoms with Gasteiger partial charge in [-0.1, -0.05) is 0 Å². The molecule has 7 nitrogen and oxygen atoms in total. The third kappa shape index (κ3) is 2.72. The van der Waals surface area contributed by atoms with Crippen LogP contribution >= 0.6 is 0 Å². The van der Waals surface area contributed by atoms with Crippen LogP contribution in [0.3, 0.4) is 0 Å². The van der Waals surface area contributed by atoms with Gasteiger partial charge in [-0.3, -0.25) is 0 Å². The fraction of sp³-hybridized carbons (Fsp3) is 0. The minimum atomic E-state index is -2.22. The van der Waals surface area contributed by atoms with Crippen LogP contribution in [0.25, 0.3) is 0 Å². The van der Waals surface area contributed by atoms with Crippen molar-refractivity contribution in [2.45, 2.75) is 0 Å². The van der Waals surface area contributed by atoms with Crippen molar-refractivity contribution < 1.29 is 34.5 Å². The minimum absolute atomic E-state index is 0.222. The molecule has 0 aliphatic carbocycles. The largest absolute Gasteiger partial charge is 0.707 e. The number of carbonyl (C=O) groups is 2. The van der Waals surface area contributed by atoms with E-state index >= 15 is 0 Å². The van der Waals surface area contributed by atoms with Crippen LogP contribution in [0.4, 0.5) is 0 Å². The lowest BCUT2D eigenvalue weighted by molar-refractivity contribution is 0.0678. The Bertz CT molecular complexity index is 428. The summed E-state index contributed by atoms with van der Waals surface area (Å²) in [5.74, 6) is -3.08. The van der Waals surface area contributed by atoms with Crippen molar-refractivity contribution in [2.24, 2.45) is 0 Å². The second kappa shape index (κ2) is 4.64. The number of carboxylic acid groups (broad SMARTS) is 2. The molecule has 0 atom stereocenters. The van der Waals surface area contributed by atoms with Crippen LogP contribution in [0, 0.1) is 0 Å². The Balaban J connectivity index is 3.21. The second-order valence-corrected chi connectivity index (χ2v) is 2.77. The summed E-state index contributed by atoms with van der Waals surface area (Å²) in [5.41, 5.74) is -0.584. The molecule has 0 radical (unpaired) electrons. The highest BCUT2D eigenvalue weighted by Crippen LogP contribution is 2.21. The first-order valence-corrected chi connectivity index (χ1v) is 4.05. The zero-order valence-electron chi connectivity index (χ0n) is 7.82. The molecule has 8 heteroatoms. The number of aromatic carboxylic acids is 2. The topological polar surface area (TPSA) is 124 Å². The average Bonchev–Trinajstić information content (AvgIpc) is 2.15. The van der Waals surface area contributed by atoms with Crippen molar-refractivity contribution in [3.05, 3.63) is 29.3 Å². The van der Waals surface area contributed by atoms with Crippen molar-refractivity contribution in [2.75, 3.05) is 0 Å². The molecule has 0 amide bonds. The zero-order valence-corrected chi connectivity index (χ0v) is 7.82. The van der Waals surface area contributed by atoms with Crippen LogP contribution in [-0.2, 0) is 0 Å². The molecule has 0 fully saturated rings. The van der Waals surface area contributed by atoms with E-state index in [1.54, 1.807) is 0 Å². The molecule has 16 heavy (non-hydrogen) atoms. The van der Waals surface area contributed by atoms with Gasteiger partial charge in [-0.2, -0.15) is 0 Å². The highest BCUT2D eigenvalue weighted by molar-refractivity contribution is 6.34. The molecule has 0 aliphatic rings. The SMILES string of the molecule is O=C(O)c1ccc(C(=O)O)c(OB(O)O)c1. The Kier molecular flexibility index (Phi) is 3.49. The summed E-state index contributed by atoms with van der Waals surface area (Å²) in [7, 11) is -2.22. The Morgan fingerprint density at radius 3 is 2.19 bits per heavy atom. The van der Waals surface area contributed by atoms with Crippen molar-refractivity contribution in [1.29, 1.82) is 0 Å². The predicted molar refractivity (Wildman–Crippen MR) is 51.2 cm³/mol. The summed E-state index contributed by atoms with van der Waals surface area (Å²) >= 11 is 0. The van der Waals surface area contributed by atoms with Crippen LogP contribution in [0.1, 0.15) is 20.7 Å². The summed E-state index contributed by atoms with van der Waals surface area (Å²) in [5, 5.41) is 34.4. The standard InChI is InChI=1S/C8H7BO7/c10-7(11)4-1-2-5(8(12)13)6(3-4)16-9(14)15/h1-3,14-15H,(H,10,11)(H,12,13). The monoisotopic (exact) mass is 226 g/mol. The molecule has 0 spiro atoms. The maximum Gasteiger partial charge on any atom is 0.707 e. The van der Waals surface area contributed by atoms with Gasteiger partial charge < -0.3 is 24.9 Å². The Hall–Kier alpha value is -2.06. The van der Waals surface area contributed by atoms with E-state index in [1.807, 2.05) is 0 Å². The van der Waals surface area contributed by atoms with Crippen LogP contribution in [0.5, 0.6) is 5.75 Å². The summed E-state index contributed by atoms with van der Waals surface area (Å²) in [6, 6.07) is 2.97. The fourth-order valence-electron chi connectivity index (χ4n) is 1.04. The van der Waals surface area contributed by atoms with E-state index in [4.69, 9.17) is 20.3 Å². The second-order valence-electron chi connectivity index (χ2n) is 2.77. The van der Waals surface area contributed by atoms with E-state index in [-0.39, 0.29) is 11.1 Å². The predicted octanol–water partition coefficient (Wildman–Crippen LogP) is -0.569. The van der Waals surface area contributed by atoms with Gasteiger partial charge in [0.2, 0.25) is 0 Å². The van der Waals surface area contributed by atoms with Crippen molar-refractivity contribution >= 4 is 19.3 Å². The van der Waals surface area contributed by atoms with E-state index in [0.29, 0.717) is 0 Å². The molecule has 0 bridgehead atoms. The first-order chi connectivity index (χ1) is 7.41. The van der Waals surface area contributed by atoms with Gasteiger partial charge in [0.25, 0.3) is 0 Å². The van der Waals surface area contributed by atoms with Gasteiger partial charge >= 0.3 is 19.3 Å². The molecule has 0 unspecified atom stereocenters. The number of hydrogen-bond donors (Lipinski definition) is 4. The molecule has 0 aromatic heterocycles. The third-order valence-corrected chi connectivity index (χ3v) is 1.69. The zero-order chi connectivity index (χ0) is 12.3. The van der Waals surface area contributed by atoms with Crippen molar-refractivity contribution in [3.8, 4) is 5.75 Å². The summed E-state index contributed by atoms with van der Waals surface area (Å²) in [6.45, 7) is 0. The summed E-state index contributed by atoms with van der Waals surface area (Å²) in [6.07, 6.45) is 0. The number of rotatable bonds is 4. The molecule has 0 heterocycles. The molecule has 4 N–H and O–H groups in total. The molecule has 84 valence electrons. The normalized spacial score (nSPS) is 9.62. The molecule has 0 saturated heterocycles. The molecule has 1 rings (SSSR count). The first-order valence-electron chi connectivity index (χ1n) is 4.05.